The summed E-state index contributed by atoms with van der Waals surface area (Å²) in [7, 11) is 0. The zero-order valence-electron chi connectivity index (χ0n) is 9.72. The molecule has 0 spiro atoms. The minimum atomic E-state index is -0.444. The van der Waals surface area contributed by atoms with E-state index in [1.165, 1.54) is 0 Å². The summed E-state index contributed by atoms with van der Waals surface area (Å²) in [5.41, 5.74) is 4.97. The van der Waals surface area contributed by atoms with Crippen LogP contribution in [0.1, 0.15) is 27.2 Å². The third-order valence-corrected chi connectivity index (χ3v) is 2.14. The lowest BCUT2D eigenvalue weighted by molar-refractivity contribution is 0.0495. The van der Waals surface area contributed by atoms with Crippen molar-refractivity contribution in [1.82, 2.24) is 16.2 Å². The van der Waals surface area contributed by atoms with Crippen molar-refractivity contribution >= 4 is 6.09 Å². The molecule has 1 rings (SSSR count). The topological polar surface area (TPSA) is 62.4 Å². The SMILES string of the molecule is CC(C)(C)OC(=O)NNC[C@H]1CCNC1. The van der Waals surface area contributed by atoms with Crippen LogP contribution in [0.3, 0.4) is 0 Å². The molecule has 0 saturated carbocycles. The number of rotatable bonds is 3. The second-order valence-electron chi connectivity index (χ2n) is 4.87. The molecule has 0 aromatic rings. The first-order valence-electron chi connectivity index (χ1n) is 5.40. The van der Waals surface area contributed by atoms with Crippen LogP contribution in [-0.4, -0.2) is 31.3 Å². The first-order chi connectivity index (χ1) is 6.97. The molecule has 5 heteroatoms. The van der Waals surface area contributed by atoms with E-state index in [4.69, 9.17) is 4.74 Å². The van der Waals surface area contributed by atoms with Crippen molar-refractivity contribution in [2.75, 3.05) is 19.6 Å². The van der Waals surface area contributed by atoms with E-state index in [2.05, 4.69) is 16.2 Å². The quantitative estimate of drug-likeness (QED) is 0.604. The van der Waals surface area contributed by atoms with Gasteiger partial charge in [0.1, 0.15) is 5.60 Å². The summed E-state index contributed by atoms with van der Waals surface area (Å²) >= 11 is 0. The van der Waals surface area contributed by atoms with Gasteiger partial charge in [-0.25, -0.2) is 10.2 Å². The summed E-state index contributed by atoms with van der Waals surface area (Å²) in [4.78, 5) is 11.2. The van der Waals surface area contributed by atoms with Gasteiger partial charge in [0.05, 0.1) is 0 Å². The largest absolute Gasteiger partial charge is 0.443 e. The third kappa shape index (κ3) is 5.59. The number of nitrogens with one attached hydrogen (secondary N) is 3. The van der Waals surface area contributed by atoms with E-state index in [9.17, 15) is 4.79 Å². The molecule has 1 heterocycles. The van der Waals surface area contributed by atoms with Crippen LogP contribution in [0.2, 0.25) is 0 Å². The molecule has 0 aromatic heterocycles. The highest BCUT2D eigenvalue weighted by molar-refractivity contribution is 5.66. The third-order valence-electron chi connectivity index (χ3n) is 2.14. The van der Waals surface area contributed by atoms with Crippen molar-refractivity contribution in [2.45, 2.75) is 32.8 Å². The molecule has 88 valence electrons. The predicted molar refractivity (Wildman–Crippen MR) is 58.3 cm³/mol. The summed E-state index contributed by atoms with van der Waals surface area (Å²) in [6, 6.07) is 0. The molecule has 0 aliphatic carbocycles. The van der Waals surface area contributed by atoms with Gasteiger partial charge >= 0.3 is 6.09 Å². The fourth-order valence-corrected chi connectivity index (χ4v) is 1.46. The summed E-state index contributed by atoms with van der Waals surface area (Å²) in [5.74, 6) is 0.597. The van der Waals surface area contributed by atoms with E-state index < -0.39 is 11.7 Å². The second kappa shape index (κ2) is 5.32. The molecule has 1 amide bonds. The molecule has 1 saturated heterocycles. The van der Waals surface area contributed by atoms with Crippen LogP contribution >= 0.6 is 0 Å². The molecule has 15 heavy (non-hydrogen) atoms. The lowest BCUT2D eigenvalue weighted by atomic mass is 10.1. The maximum Gasteiger partial charge on any atom is 0.422 e. The van der Waals surface area contributed by atoms with Gasteiger partial charge in [-0.15, -0.1) is 0 Å². The molecular weight excluding hydrogens is 194 g/mol. The number of amides is 1. The highest BCUT2D eigenvalue weighted by atomic mass is 16.6. The van der Waals surface area contributed by atoms with Gasteiger partial charge in [-0.05, 0) is 46.2 Å². The number of ether oxygens (including phenoxy) is 1. The smallest absolute Gasteiger partial charge is 0.422 e. The zero-order valence-corrected chi connectivity index (χ0v) is 9.72. The Kier molecular flexibility index (Phi) is 4.35. The average Bonchev–Trinajstić information content (AvgIpc) is 2.53. The Bertz CT molecular complexity index is 207. The van der Waals surface area contributed by atoms with Gasteiger partial charge in [0.25, 0.3) is 0 Å². The molecule has 1 aliphatic rings. The lowest BCUT2D eigenvalue weighted by Gasteiger charge is -2.20. The molecule has 0 bridgehead atoms. The Balaban J connectivity index is 2.06. The molecule has 1 aliphatic heterocycles. The molecular formula is C10H21N3O2. The Labute approximate surface area is 90.9 Å². The fraction of sp³-hybridized carbons (Fsp3) is 0.900. The summed E-state index contributed by atoms with van der Waals surface area (Å²) < 4.78 is 5.07. The lowest BCUT2D eigenvalue weighted by Crippen LogP contribution is -2.43. The zero-order chi connectivity index (χ0) is 11.3. The second-order valence-corrected chi connectivity index (χ2v) is 4.87. The van der Waals surface area contributed by atoms with Crippen LogP contribution in [0, 0.1) is 5.92 Å². The Morgan fingerprint density at radius 3 is 2.80 bits per heavy atom. The number of carbonyl (C=O) groups is 1. The van der Waals surface area contributed by atoms with Crippen LogP contribution < -0.4 is 16.2 Å². The van der Waals surface area contributed by atoms with E-state index >= 15 is 0 Å². The van der Waals surface area contributed by atoms with Crippen molar-refractivity contribution in [3.05, 3.63) is 0 Å². The standard InChI is InChI=1S/C10H21N3O2/c1-10(2,3)15-9(14)13-12-7-8-4-5-11-6-8/h8,11-12H,4-7H2,1-3H3,(H,13,14)/t8-/m0/s1. The summed E-state index contributed by atoms with van der Waals surface area (Å²) in [6.07, 6.45) is 0.733. The van der Waals surface area contributed by atoms with Crippen LogP contribution in [-0.2, 0) is 4.74 Å². The normalized spacial score (nSPS) is 21.4. The van der Waals surface area contributed by atoms with Gasteiger partial charge in [-0.1, -0.05) is 0 Å². The van der Waals surface area contributed by atoms with E-state index in [1.54, 1.807) is 0 Å². The van der Waals surface area contributed by atoms with Crippen molar-refractivity contribution in [2.24, 2.45) is 5.92 Å². The first-order valence-corrected chi connectivity index (χ1v) is 5.40. The van der Waals surface area contributed by atoms with Crippen molar-refractivity contribution in [1.29, 1.82) is 0 Å². The number of carbonyl (C=O) groups excluding carboxylic acids is 1. The average molecular weight is 215 g/mol. The highest BCUT2D eigenvalue weighted by Crippen LogP contribution is 2.06. The number of hydrazine groups is 1. The van der Waals surface area contributed by atoms with Crippen molar-refractivity contribution in [3.8, 4) is 0 Å². The van der Waals surface area contributed by atoms with Crippen molar-refractivity contribution in [3.63, 3.8) is 0 Å². The molecule has 3 N–H and O–H groups in total. The van der Waals surface area contributed by atoms with Crippen LogP contribution in [0.4, 0.5) is 4.79 Å². The number of hydrogen-bond acceptors (Lipinski definition) is 4. The molecule has 1 fully saturated rings. The molecule has 5 nitrogen and oxygen atoms in total. The van der Waals surface area contributed by atoms with Crippen molar-refractivity contribution < 1.29 is 9.53 Å². The monoisotopic (exact) mass is 215 g/mol. The molecule has 0 radical (unpaired) electrons. The number of hydrogen-bond donors (Lipinski definition) is 3. The van der Waals surface area contributed by atoms with Crippen LogP contribution in [0.5, 0.6) is 0 Å². The van der Waals surface area contributed by atoms with E-state index in [1.807, 2.05) is 20.8 Å². The van der Waals surface area contributed by atoms with Gasteiger partial charge in [0, 0.05) is 6.54 Å². The van der Waals surface area contributed by atoms with Gasteiger partial charge in [0.2, 0.25) is 0 Å². The summed E-state index contributed by atoms with van der Waals surface area (Å²) in [5, 5.41) is 3.26. The van der Waals surface area contributed by atoms with Gasteiger partial charge in [0.15, 0.2) is 0 Å². The molecule has 1 atom stereocenters. The molecule has 0 aromatic carbocycles. The minimum absolute atomic E-state index is 0.423. The van der Waals surface area contributed by atoms with Gasteiger partial charge < -0.3 is 10.1 Å². The molecule has 0 unspecified atom stereocenters. The highest BCUT2D eigenvalue weighted by Gasteiger charge is 2.17. The predicted octanol–water partition coefficient (Wildman–Crippen LogP) is 0.625. The van der Waals surface area contributed by atoms with Gasteiger partial charge in [-0.3, -0.25) is 5.43 Å². The first kappa shape index (κ1) is 12.3. The van der Waals surface area contributed by atoms with Gasteiger partial charge in [-0.2, -0.15) is 0 Å². The Hall–Kier alpha value is -0.810. The maximum atomic E-state index is 11.2. The van der Waals surface area contributed by atoms with E-state index in [0.29, 0.717) is 5.92 Å². The van der Waals surface area contributed by atoms with Crippen LogP contribution in [0.15, 0.2) is 0 Å². The van der Waals surface area contributed by atoms with E-state index in [-0.39, 0.29) is 0 Å². The fourth-order valence-electron chi connectivity index (χ4n) is 1.46. The maximum absolute atomic E-state index is 11.2. The Morgan fingerprint density at radius 1 is 1.53 bits per heavy atom. The Morgan fingerprint density at radius 2 is 2.27 bits per heavy atom. The van der Waals surface area contributed by atoms with Crippen LogP contribution in [0.25, 0.3) is 0 Å². The van der Waals surface area contributed by atoms with E-state index in [0.717, 1.165) is 26.1 Å². The summed E-state index contributed by atoms with van der Waals surface area (Å²) in [6.45, 7) is 8.39. The minimum Gasteiger partial charge on any atom is -0.443 e.